The molecule has 9 nitrogen and oxygen atoms in total. The van der Waals surface area contributed by atoms with Crippen LogP contribution in [0.3, 0.4) is 0 Å². The van der Waals surface area contributed by atoms with Gasteiger partial charge in [0.1, 0.15) is 11.9 Å². The zero-order chi connectivity index (χ0) is 25.0. The maximum atomic E-state index is 13.4. The van der Waals surface area contributed by atoms with E-state index in [1.165, 1.54) is 38.7 Å². The fraction of sp³-hybridized carbons (Fsp3) is 0.381. The van der Waals surface area contributed by atoms with Crippen LogP contribution >= 0.6 is 30.7 Å². The van der Waals surface area contributed by atoms with Crippen molar-refractivity contribution in [2.24, 2.45) is 4.99 Å². The number of aliphatic imine (C=N–C) groups is 1. The second-order valence-corrected chi connectivity index (χ2v) is 10.8. The molecule has 3 rings (SSSR count). The normalized spacial score (nSPS) is 21.5. The van der Waals surface area contributed by atoms with Gasteiger partial charge in [-0.3, -0.25) is 4.99 Å². The Balaban J connectivity index is 2.18. The molecular formula is C21H25ClFN4O5PS. The summed E-state index contributed by atoms with van der Waals surface area (Å²) in [7, 11) is 0.280. The van der Waals surface area contributed by atoms with Gasteiger partial charge >= 0.3 is 13.7 Å². The first-order chi connectivity index (χ1) is 16.1. The second kappa shape index (κ2) is 11.1. The van der Waals surface area contributed by atoms with Crippen LogP contribution in [0, 0.1) is 0 Å². The van der Waals surface area contributed by atoms with E-state index in [2.05, 4.69) is 16.7 Å². The van der Waals surface area contributed by atoms with Gasteiger partial charge in [-0.05, 0) is 18.6 Å². The summed E-state index contributed by atoms with van der Waals surface area (Å²) < 4.78 is 41.3. The molecule has 0 unspecified atom stereocenters. The van der Waals surface area contributed by atoms with Gasteiger partial charge in [0.15, 0.2) is 10.8 Å². The Morgan fingerprint density at radius 2 is 2.09 bits per heavy atom. The summed E-state index contributed by atoms with van der Waals surface area (Å²) in [6.07, 6.45) is 4.52. The number of ether oxygens (including phenoxy) is 1. The highest BCUT2D eigenvalue weighted by molar-refractivity contribution is 7.51. The average Bonchev–Trinajstić information content (AvgIpc) is 3.47. The third-order valence-electron chi connectivity index (χ3n) is 5.25. The molecule has 0 bridgehead atoms. The number of aromatic nitrogens is 1. The fourth-order valence-electron chi connectivity index (χ4n) is 3.76. The molecule has 1 N–H and O–H groups in total. The molecule has 1 fully saturated rings. The van der Waals surface area contributed by atoms with E-state index < -0.39 is 31.6 Å². The number of carbonyl (C=O) groups excluding carboxylic acids is 1. The molecule has 184 valence electrons. The minimum Gasteiger partial charge on any atom is -0.466 e. The molecule has 2 aliphatic heterocycles. The number of amidine groups is 1. The number of methoxy groups -OCH3 is 1. The summed E-state index contributed by atoms with van der Waals surface area (Å²) in [5.41, 5.74) is 1.23. The van der Waals surface area contributed by atoms with E-state index in [0.29, 0.717) is 33.7 Å². The Kier molecular flexibility index (Phi) is 8.62. The highest BCUT2D eigenvalue weighted by atomic mass is 35.5. The number of nitrogens with zero attached hydrogens (tertiary/aromatic N) is 3. The number of nitrogens with one attached hydrogen (secondary N) is 1. The third kappa shape index (κ3) is 5.56. The number of halogens is 2. The van der Waals surface area contributed by atoms with E-state index >= 15 is 0 Å². The predicted octanol–water partition coefficient (Wildman–Crippen LogP) is 4.32. The van der Waals surface area contributed by atoms with E-state index in [-0.39, 0.29) is 12.0 Å². The van der Waals surface area contributed by atoms with Crippen LogP contribution in [0.15, 0.2) is 63.0 Å². The van der Waals surface area contributed by atoms with Gasteiger partial charge in [-0.25, -0.2) is 23.8 Å². The van der Waals surface area contributed by atoms with Crippen molar-refractivity contribution in [3.63, 3.8) is 0 Å². The van der Waals surface area contributed by atoms with Gasteiger partial charge in [-0.2, -0.15) is 0 Å². The second-order valence-electron chi connectivity index (χ2n) is 7.32. The van der Waals surface area contributed by atoms with E-state index in [4.69, 9.17) is 30.4 Å². The van der Waals surface area contributed by atoms with E-state index in [1.54, 1.807) is 18.5 Å². The maximum Gasteiger partial charge on any atom is 0.405 e. The van der Waals surface area contributed by atoms with Crippen LogP contribution < -0.4 is 5.09 Å². The van der Waals surface area contributed by atoms with Crippen molar-refractivity contribution < 1.29 is 27.5 Å². The number of carbonyl (C=O) groups is 1. The lowest BCUT2D eigenvalue weighted by atomic mass is 9.93. The minimum atomic E-state index is -3.55. The Morgan fingerprint density at radius 3 is 2.62 bits per heavy atom. The Hall–Kier alpha value is -2.14. The number of fused-ring (bicyclic) bond motifs is 1. The van der Waals surface area contributed by atoms with Crippen molar-refractivity contribution in [2.75, 3.05) is 27.9 Å². The Morgan fingerprint density at radius 1 is 1.38 bits per heavy atom. The summed E-state index contributed by atoms with van der Waals surface area (Å²) in [5.74, 6) is -0.791. The van der Waals surface area contributed by atoms with Crippen LogP contribution in [-0.4, -0.2) is 61.6 Å². The Labute approximate surface area is 206 Å². The number of hydrogen-bond acceptors (Lipinski definition) is 9. The van der Waals surface area contributed by atoms with Crippen molar-refractivity contribution in [1.82, 2.24) is 15.0 Å². The van der Waals surface area contributed by atoms with Gasteiger partial charge in [-0.15, -0.1) is 11.3 Å². The van der Waals surface area contributed by atoms with Crippen molar-refractivity contribution in [2.45, 2.75) is 25.4 Å². The summed E-state index contributed by atoms with van der Waals surface area (Å²) in [6, 6.07) is -1.30. The van der Waals surface area contributed by atoms with Crippen molar-refractivity contribution >= 4 is 42.5 Å². The first-order valence-corrected chi connectivity index (χ1v) is 12.9. The van der Waals surface area contributed by atoms with Crippen LogP contribution in [-0.2, 0) is 23.1 Å². The number of esters is 1. The predicted molar refractivity (Wildman–Crippen MR) is 129 cm³/mol. The van der Waals surface area contributed by atoms with Gasteiger partial charge in [0.05, 0.1) is 12.7 Å². The third-order valence-corrected chi connectivity index (χ3v) is 7.88. The average molecular weight is 531 g/mol. The highest BCUT2D eigenvalue weighted by Crippen LogP contribution is 2.45. The van der Waals surface area contributed by atoms with E-state index in [9.17, 15) is 13.8 Å². The van der Waals surface area contributed by atoms with Crippen LogP contribution in [0.1, 0.15) is 18.4 Å². The number of hydrogen-bond donors (Lipinski definition) is 1. The molecule has 2 atom stereocenters. The van der Waals surface area contributed by atoms with Gasteiger partial charge in [0.25, 0.3) is 0 Å². The molecule has 0 aromatic carbocycles. The van der Waals surface area contributed by atoms with E-state index in [1.807, 2.05) is 4.90 Å². The quantitative estimate of drug-likeness (QED) is 0.286. The molecule has 0 amide bonds. The van der Waals surface area contributed by atoms with Crippen molar-refractivity contribution in [3.05, 3.63) is 63.0 Å². The van der Waals surface area contributed by atoms with Crippen molar-refractivity contribution in [1.29, 1.82) is 0 Å². The molecule has 0 spiro atoms. The molecule has 0 saturated carbocycles. The molecule has 0 aliphatic carbocycles. The maximum absolute atomic E-state index is 13.4. The molecular weight excluding hydrogens is 506 g/mol. The molecule has 0 radical (unpaired) electrons. The molecule has 2 aliphatic rings. The summed E-state index contributed by atoms with van der Waals surface area (Å²) in [4.78, 5) is 24.0. The zero-order valence-corrected chi connectivity index (χ0v) is 21.5. The summed E-state index contributed by atoms with van der Waals surface area (Å²) in [5, 5.41) is 5.63. The number of rotatable bonds is 9. The summed E-state index contributed by atoms with van der Waals surface area (Å²) in [6.45, 7) is 5.17. The smallest absolute Gasteiger partial charge is 0.405 e. The number of thiazole rings is 1. The lowest BCUT2D eigenvalue weighted by Crippen LogP contribution is -2.39. The van der Waals surface area contributed by atoms with Crippen LogP contribution in [0.25, 0.3) is 0 Å². The van der Waals surface area contributed by atoms with Gasteiger partial charge in [0.2, 0.25) is 0 Å². The van der Waals surface area contributed by atoms with Crippen molar-refractivity contribution in [3.8, 4) is 0 Å². The molecule has 13 heteroatoms. The van der Waals surface area contributed by atoms with Gasteiger partial charge in [0, 0.05) is 55.5 Å². The van der Waals surface area contributed by atoms with Gasteiger partial charge in [-0.1, -0.05) is 24.3 Å². The first kappa shape index (κ1) is 26.5. The van der Waals surface area contributed by atoms with Crippen LogP contribution in [0.2, 0.25) is 0 Å². The lowest BCUT2D eigenvalue weighted by molar-refractivity contribution is -0.136. The molecule has 1 saturated heterocycles. The number of allylic oxidation sites excluding steroid dienone is 3. The van der Waals surface area contributed by atoms with Crippen LogP contribution in [0.5, 0.6) is 0 Å². The van der Waals surface area contributed by atoms with Gasteiger partial charge < -0.3 is 18.7 Å². The molecule has 1 aromatic rings. The topological polar surface area (TPSA) is 102 Å². The van der Waals surface area contributed by atoms with E-state index in [0.717, 1.165) is 6.08 Å². The largest absolute Gasteiger partial charge is 0.466 e. The fourth-order valence-corrected chi connectivity index (χ4v) is 5.54. The SMILES string of the molecule is C=C(F)/C=C\C(=C(/C)Cl)[C@@H]1N=C(c2nccs2)N2C[C@@H](NP(=O)(OC)OC)CC2=C1C(=O)OC. The van der Waals surface area contributed by atoms with Crippen LogP contribution in [0.4, 0.5) is 4.39 Å². The zero-order valence-electron chi connectivity index (χ0n) is 19.1. The Bertz CT molecular complexity index is 1120. The monoisotopic (exact) mass is 530 g/mol. The molecule has 3 heterocycles. The molecule has 1 aromatic heterocycles. The minimum absolute atomic E-state index is 0.237. The summed E-state index contributed by atoms with van der Waals surface area (Å²) >= 11 is 7.74. The standard InChI is InChI=1S/C21H25ClFN4O5PS/c1-12(23)6-7-15(13(2)22)18-17(21(28)30-3)16-10-14(26-33(29,31-4)32-5)11-27(16)19(25-18)20-24-8-9-34-20/h6-9,14,18H,1,10-11H2,2-5H3,(H,26,29)/b7-6-,15-13-/t14-,18-/m0/s1. The highest BCUT2D eigenvalue weighted by Gasteiger charge is 2.44. The lowest BCUT2D eigenvalue weighted by Gasteiger charge is -2.32. The molecule has 34 heavy (non-hydrogen) atoms. The first-order valence-electron chi connectivity index (χ1n) is 10.1.